The van der Waals surface area contributed by atoms with E-state index in [0.717, 1.165) is 25.9 Å². The predicted molar refractivity (Wildman–Crippen MR) is 56.1 cm³/mol. The van der Waals surface area contributed by atoms with Gasteiger partial charge < -0.3 is 26.2 Å². The number of carbonyl (C=O) groups excluding carboxylic acids is 1. The van der Waals surface area contributed by atoms with E-state index in [0.29, 0.717) is 0 Å². The van der Waals surface area contributed by atoms with Crippen molar-refractivity contribution in [1.82, 2.24) is 16.0 Å². The van der Waals surface area contributed by atoms with Gasteiger partial charge in [-0.2, -0.15) is 0 Å². The van der Waals surface area contributed by atoms with Gasteiger partial charge in [0, 0.05) is 6.04 Å². The molecular formula is C9H17N3O4. The first-order chi connectivity index (χ1) is 7.59. The smallest absolute Gasteiger partial charge is 0.334 e. The molecule has 1 aliphatic heterocycles. The van der Waals surface area contributed by atoms with E-state index in [9.17, 15) is 9.59 Å². The number of aliphatic hydroxyl groups is 1. The van der Waals surface area contributed by atoms with Crippen LogP contribution in [-0.2, 0) is 4.79 Å². The van der Waals surface area contributed by atoms with Crippen molar-refractivity contribution in [2.75, 3.05) is 19.6 Å². The number of carbonyl (C=O) groups is 2. The number of carboxylic acids is 1. The molecule has 1 rings (SSSR count). The molecule has 2 amide bonds. The summed E-state index contributed by atoms with van der Waals surface area (Å²) in [6.07, 6.45) is 0.155. The average molecular weight is 231 g/mol. The zero-order valence-corrected chi connectivity index (χ0v) is 8.90. The molecule has 1 heterocycles. The van der Waals surface area contributed by atoms with Crippen molar-refractivity contribution in [2.45, 2.75) is 25.0 Å². The van der Waals surface area contributed by atoms with Crippen molar-refractivity contribution < 1.29 is 19.8 Å². The van der Waals surface area contributed by atoms with Crippen molar-refractivity contribution >= 4 is 12.0 Å². The highest BCUT2D eigenvalue weighted by molar-refractivity contribution is 5.76. The number of aliphatic hydroxyl groups excluding tert-OH is 1. The number of amides is 2. The van der Waals surface area contributed by atoms with Crippen LogP contribution in [0, 0.1) is 0 Å². The third kappa shape index (κ3) is 4.45. The minimum Gasteiger partial charge on any atom is -0.479 e. The minimum atomic E-state index is -1.56. The Morgan fingerprint density at radius 2 is 2.00 bits per heavy atom. The van der Waals surface area contributed by atoms with Gasteiger partial charge in [-0.3, -0.25) is 0 Å². The maximum Gasteiger partial charge on any atom is 0.334 e. The third-order valence-corrected chi connectivity index (χ3v) is 2.42. The van der Waals surface area contributed by atoms with Crippen LogP contribution in [-0.4, -0.2) is 54.0 Å². The highest BCUT2D eigenvalue weighted by Gasteiger charge is 2.17. The second-order valence-corrected chi connectivity index (χ2v) is 3.73. The van der Waals surface area contributed by atoms with E-state index >= 15 is 0 Å². The summed E-state index contributed by atoms with van der Waals surface area (Å²) < 4.78 is 0. The van der Waals surface area contributed by atoms with Gasteiger partial charge in [0.05, 0.1) is 6.54 Å². The Morgan fingerprint density at radius 1 is 1.38 bits per heavy atom. The fourth-order valence-corrected chi connectivity index (χ4v) is 1.48. The van der Waals surface area contributed by atoms with Gasteiger partial charge >= 0.3 is 12.0 Å². The fourth-order valence-electron chi connectivity index (χ4n) is 1.48. The molecule has 1 fully saturated rings. The highest BCUT2D eigenvalue weighted by Crippen LogP contribution is 2.01. The standard InChI is InChI=1S/C9H17N3O4/c13-7(8(14)15)5-11-9(16)12-6-1-3-10-4-2-6/h6-7,10,13H,1-5H2,(H,14,15)(H2,11,12,16)/t7-/m0/s1. The Bertz CT molecular complexity index is 253. The number of urea groups is 1. The number of hydrogen-bond acceptors (Lipinski definition) is 4. The number of carboxylic acid groups (broad SMARTS) is 1. The molecule has 7 heteroatoms. The molecule has 0 unspecified atom stereocenters. The SMILES string of the molecule is O=C(NC[C@H](O)C(=O)O)NC1CCNCC1. The second-order valence-electron chi connectivity index (χ2n) is 3.73. The molecule has 1 atom stereocenters. The Balaban J connectivity index is 2.17. The molecule has 0 saturated carbocycles. The van der Waals surface area contributed by atoms with Crippen molar-refractivity contribution in [3.63, 3.8) is 0 Å². The van der Waals surface area contributed by atoms with Crippen LogP contribution in [0.5, 0.6) is 0 Å². The fraction of sp³-hybridized carbons (Fsp3) is 0.778. The van der Waals surface area contributed by atoms with Gasteiger partial charge in [-0.1, -0.05) is 0 Å². The molecule has 0 bridgehead atoms. The number of piperidine rings is 1. The molecule has 0 aromatic carbocycles. The lowest BCUT2D eigenvalue weighted by atomic mass is 10.1. The van der Waals surface area contributed by atoms with Crippen LogP contribution in [0.25, 0.3) is 0 Å². The molecule has 92 valence electrons. The second kappa shape index (κ2) is 6.29. The van der Waals surface area contributed by atoms with Crippen molar-refractivity contribution in [3.05, 3.63) is 0 Å². The monoisotopic (exact) mass is 231 g/mol. The zero-order valence-electron chi connectivity index (χ0n) is 8.90. The number of rotatable bonds is 4. The molecule has 1 saturated heterocycles. The lowest BCUT2D eigenvalue weighted by molar-refractivity contribution is -0.146. The van der Waals surface area contributed by atoms with E-state index < -0.39 is 18.1 Å². The molecule has 7 nitrogen and oxygen atoms in total. The Morgan fingerprint density at radius 3 is 2.56 bits per heavy atom. The minimum absolute atomic E-state index is 0.114. The van der Waals surface area contributed by atoms with Crippen LogP contribution in [0.15, 0.2) is 0 Å². The first kappa shape index (κ1) is 12.7. The molecule has 5 N–H and O–H groups in total. The number of hydrogen-bond donors (Lipinski definition) is 5. The third-order valence-electron chi connectivity index (χ3n) is 2.42. The van der Waals surface area contributed by atoms with Crippen molar-refractivity contribution in [2.24, 2.45) is 0 Å². The molecule has 0 spiro atoms. The molecule has 1 aliphatic rings. The van der Waals surface area contributed by atoms with Gasteiger partial charge in [-0.25, -0.2) is 9.59 Å². The van der Waals surface area contributed by atoms with E-state index in [1.807, 2.05) is 0 Å². The van der Waals surface area contributed by atoms with E-state index in [2.05, 4.69) is 16.0 Å². The van der Waals surface area contributed by atoms with Crippen LogP contribution in [0.1, 0.15) is 12.8 Å². The maximum atomic E-state index is 11.3. The molecule has 0 aromatic rings. The van der Waals surface area contributed by atoms with Crippen molar-refractivity contribution in [3.8, 4) is 0 Å². The van der Waals surface area contributed by atoms with Crippen LogP contribution < -0.4 is 16.0 Å². The number of aliphatic carboxylic acids is 1. The van der Waals surface area contributed by atoms with Crippen LogP contribution in [0.2, 0.25) is 0 Å². The molecule has 0 aliphatic carbocycles. The van der Waals surface area contributed by atoms with Gasteiger partial charge in [-0.15, -0.1) is 0 Å². The topological polar surface area (TPSA) is 111 Å². The maximum absolute atomic E-state index is 11.3. The summed E-state index contributed by atoms with van der Waals surface area (Å²) in [7, 11) is 0. The average Bonchev–Trinajstić information content (AvgIpc) is 2.27. The van der Waals surface area contributed by atoms with Crippen molar-refractivity contribution in [1.29, 1.82) is 0 Å². The van der Waals surface area contributed by atoms with E-state index in [4.69, 9.17) is 10.2 Å². The van der Waals surface area contributed by atoms with E-state index in [-0.39, 0.29) is 12.6 Å². The quantitative estimate of drug-likeness (QED) is 0.404. The molecule has 16 heavy (non-hydrogen) atoms. The summed E-state index contributed by atoms with van der Waals surface area (Å²) in [5.41, 5.74) is 0. The van der Waals surface area contributed by atoms with Gasteiger partial charge in [0.1, 0.15) is 0 Å². The summed E-state index contributed by atoms with van der Waals surface area (Å²) in [5.74, 6) is -1.35. The predicted octanol–water partition coefficient (Wildman–Crippen LogP) is -1.52. The molecule has 0 radical (unpaired) electrons. The normalized spacial score (nSPS) is 18.8. The van der Waals surface area contributed by atoms with Crippen LogP contribution >= 0.6 is 0 Å². The van der Waals surface area contributed by atoms with E-state index in [1.165, 1.54) is 0 Å². The van der Waals surface area contributed by atoms with Gasteiger partial charge in [0.25, 0.3) is 0 Å². The van der Waals surface area contributed by atoms with Crippen LogP contribution in [0.4, 0.5) is 4.79 Å². The number of nitrogens with one attached hydrogen (secondary N) is 3. The first-order valence-electron chi connectivity index (χ1n) is 5.25. The van der Waals surface area contributed by atoms with Gasteiger partial charge in [0.2, 0.25) is 0 Å². The summed E-state index contributed by atoms with van der Waals surface area (Å²) >= 11 is 0. The molecular weight excluding hydrogens is 214 g/mol. The van der Waals surface area contributed by atoms with E-state index in [1.54, 1.807) is 0 Å². The summed E-state index contributed by atoms with van der Waals surface area (Å²) in [6, 6.07) is -0.324. The molecule has 0 aromatic heterocycles. The Hall–Kier alpha value is -1.34. The van der Waals surface area contributed by atoms with Gasteiger partial charge in [-0.05, 0) is 25.9 Å². The van der Waals surface area contributed by atoms with Gasteiger partial charge in [0.15, 0.2) is 6.10 Å². The Kier molecular flexibility index (Phi) is 5.00. The largest absolute Gasteiger partial charge is 0.479 e. The summed E-state index contributed by atoms with van der Waals surface area (Å²) in [6.45, 7) is 1.44. The Labute approximate surface area is 93.2 Å². The lowest BCUT2D eigenvalue weighted by Crippen LogP contribution is -2.48. The van der Waals surface area contributed by atoms with Crippen LogP contribution in [0.3, 0.4) is 0 Å². The lowest BCUT2D eigenvalue weighted by Gasteiger charge is -2.23. The summed E-state index contributed by atoms with van der Waals surface area (Å²) in [5, 5.41) is 25.5. The highest BCUT2D eigenvalue weighted by atomic mass is 16.4. The summed E-state index contributed by atoms with van der Waals surface area (Å²) in [4.78, 5) is 21.6. The zero-order chi connectivity index (χ0) is 12.0. The first-order valence-corrected chi connectivity index (χ1v) is 5.25.